The van der Waals surface area contributed by atoms with Crippen molar-refractivity contribution in [3.8, 4) is 0 Å². The van der Waals surface area contributed by atoms with Crippen LogP contribution in [0.1, 0.15) is 109 Å². The molecule has 0 N–H and O–H groups in total. The van der Waals surface area contributed by atoms with Crippen LogP contribution in [0, 0.1) is 0 Å². The summed E-state index contributed by atoms with van der Waals surface area (Å²) in [6, 6.07) is 4.10. The van der Waals surface area contributed by atoms with E-state index in [4.69, 9.17) is 4.42 Å². The molecule has 0 aliphatic rings. The second kappa shape index (κ2) is 13.0. The van der Waals surface area contributed by atoms with Crippen LogP contribution in [0.3, 0.4) is 0 Å². The second-order valence-corrected chi connectivity index (χ2v) is 6.59. The SMILES string of the molecule is CCCCCCCCCCCCCCC(C)c1ccco1. The third-order valence-corrected chi connectivity index (χ3v) is 4.52. The average Bonchev–Trinajstić information content (AvgIpc) is 3.02. The molecule has 0 radical (unpaired) electrons. The summed E-state index contributed by atoms with van der Waals surface area (Å²) >= 11 is 0. The molecule has 1 atom stereocenters. The fraction of sp³-hybridized carbons (Fsp3) is 0.800. The van der Waals surface area contributed by atoms with Crippen LogP contribution in [0.2, 0.25) is 0 Å². The maximum Gasteiger partial charge on any atom is 0.106 e. The first-order valence-corrected chi connectivity index (χ1v) is 9.38. The van der Waals surface area contributed by atoms with Gasteiger partial charge >= 0.3 is 0 Å². The second-order valence-electron chi connectivity index (χ2n) is 6.59. The molecule has 1 aromatic rings. The van der Waals surface area contributed by atoms with Crippen molar-refractivity contribution in [3.05, 3.63) is 24.2 Å². The van der Waals surface area contributed by atoms with E-state index in [9.17, 15) is 0 Å². The van der Waals surface area contributed by atoms with Crippen LogP contribution in [0.5, 0.6) is 0 Å². The summed E-state index contributed by atoms with van der Waals surface area (Å²) < 4.78 is 5.45. The average molecular weight is 293 g/mol. The van der Waals surface area contributed by atoms with Crippen molar-refractivity contribution in [1.82, 2.24) is 0 Å². The Bertz CT molecular complexity index is 302. The fourth-order valence-corrected chi connectivity index (χ4v) is 3.01. The molecule has 1 unspecified atom stereocenters. The van der Waals surface area contributed by atoms with E-state index in [1.54, 1.807) is 6.26 Å². The van der Waals surface area contributed by atoms with Crippen LogP contribution in [0.15, 0.2) is 22.8 Å². The predicted molar refractivity (Wildman–Crippen MR) is 92.8 cm³/mol. The number of rotatable bonds is 14. The third kappa shape index (κ3) is 9.77. The van der Waals surface area contributed by atoms with Gasteiger partial charge in [0.1, 0.15) is 5.76 Å². The molecule has 0 aromatic carbocycles. The minimum atomic E-state index is 0.586. The maximum absolute atomic E-state index is 5.45. The highest BCUT2D eigenvalue weighted by atomic mass is 16.3. The van der Waals surface area contributed by atoms with E-state index in [0.29, 0.717) is 5.92 Å². The van der Waals surface area contributed by atoms with E-state index in [0.717, 1.165) is 5.76 Å². The molecule has 0 aliphatic carbocycles. The van der Waals surface area contributed by atoms with E-state index in [1.165, 1.54) is 83.5 Å². The smallest absolute Gasteiger partial charge is 0.106 e. The molecule has 21 heavy (non-hydrogen) atoms. The van der Waals surface area contributed by atoms with Crippen LogP contribution in [-0.2, 0) is 0 Å². The van der Waals surface area contributed by atoms with Crippen LogP contribution in [0.4, 0.5) is 0 Å². The van der Waals surface area contributed by atoms with Gasteiger partial charge in [-0.15, -0.1) is 0 Å². The molecule has 1 nitrogen and oxygen atoms in total. The molecule has 1 aromatic heterocycles. The molecular weight excluding hydrogens is 256 g/mol. The number of unbranched alkanes of at least 4 members (excludes halogenated alkanes) is 11. The van der Waals surface area contributed by atoms with Crippen molar-refractivity contribution in [2.24, 2.45) is 0 Å². The Morgan fingerprint density at radius 1 is 0.810 bits per heavy atom. The summed E-state index contributed by atoms with van der Waals surface area (Å²) in [4.78, 5) is 0. The maximum atomic E-state index is 5.45. The first-order chi connectivity index (χ1) is 10.3. The van der Waals surface area contributed by atoms with Crippen molar-refractivity contribution in [2.75, 3.05) is 0 Å². The van der Waals surface area contributed by atoms with Gasteiger partial charge in [-0.05, 0) is 18.6 Å². The molecule has 122 valence electrons. The Balaban J connectivity index is 1.78. The molecule has 0 aliphatic heterocycles. The van der Waals surface area contributed by atoms with Crippen LogP contribution in [-0.4, -0.2) is 0 Å². The molecule has 0 saturated heterocycles. The highest BCUT2D eigenvalue weighted by Crippen LogP contribution is 2.22. The molecular formula is C20H36O. The molecule has 0 bridgehead atoms. The van der Waals surface area contributed by atoms with Gasteiger partial charge in [-0.1, -0.05) is 90.9 Å². The zero-order chi connectivity index (χ0) is 15.2. The van der Waals surface area contributed by atoms with Crippen LogP contribution in [0.25, 0.3) is 0 Å². The van der Waals surface area contributed by atoms with Crippen LogP contribution < -0.4 is 0 Å². The lowest BCUT2D eigenvalue weighted by Crippen LogP contribution is -1.91. The zero-order valence-corrected chi connectivity index (χ0v) is 14.4. The summed E-state index contributed by atoms with van der Waals surface area (Å²) in [7, 11) is 0. The monoisotopic (exact) mass is 292 g/mol. The first-order valence-electron chi connectivity index (χ1n) is 9.38. The topological polar surface area (TPSA) is 13.1 Å². The Kier molecular flexibility index (Phi) is 11.3. The molecule has 1 heterocycles. The minimum Gasteiger partial charge on any atom is -0.469 e. The van der Waals surface area contributed by atoms with Gasteiger partial charge < -0.3 is 4.42 Å². The largest absolute Gasteiger partial charge is 0.469 e. The summed E-state index contributed by atoms with van der Waals surface area (Å²) in [5, 5.41) is 0. The van der Waals surface area contributed by atoms with Crippen molar-refractivity contribution in [2.45, 2.75) is 103 Å². The van der Waals surface area contributed by atoms with Gasteiger partial charge in [-0.2, -0.15) is 0 Å². The Morgan fingerprint density at radius 2 is 1.33 bits per heavy atom. The van der Waals surface area contributed by atoms with E-state index in [2.05, 4.69) is 19.9 Å². The lowest BCUT2D eigenvalue weighted by Gasteiger charge is -2.08. The van der Waals surface area contributed by atoms with E-state index < -0.39 is 0 Å². The summed E-state index contributed by atoms with van der Waals surface area (Å²) in [5.74, 6) is 1.74. The minimum absolute atomic E-state index is 0.586. The fourth-order valence-electron chi connectivity index (χ4n) is 3.01. The Labute approximate surface area is 132 Å². The number of furan rings is 1. The van der Waals surface area contributed by atoms with Gasteiger partial charge in [0.15, 0.2) is 0 Å². The molecule has 0 saturated carbocycles. The van der Waals surface area contributed by atoms with Crippen molar-refractivity contribution >= 4 is 0 Å². The highest BCUT2D eigenvalue weighted by Gasteiger charge is 2.07. The first kappa shape index (κ1) is 18.3. The Morgan fingerprint density at radius 3 is 1.81 bits per heavy atom. The van der Waals surface area contributed by atoms with Gasteiger partial charge in [0.05, 0.1) is 6.26 Å². The van der Waals surface area contributed by atoms with Crippen molar-refractivity contribution in [3.63, 3.8) is 0 Å². The van der Waals surface area contributed by atoms with E-state index in [-0.39, 0.29) is 0 Å². The van der Waals surface area contributed by atoms with Crippen molar-refractivity contribution < 1.29 is 4.42 Å². The lowest BCUT2D eigenvalue weighted by atomic mass is 9.99. The molecule has 0 amide bonds. The summed E-state index contributed by atoms with van der Waals surface area (Å²) in [6.07, 6.45) is 20.2. The van der Waals surface area contributed by atoms with E-state index >= 15 is 0 Å². The normalized spacial score (nSPS) is 12.7. The van der Waals surface area contributed by atoms with Gasteiger partial charge in [0, 0.05) is 5.92 Å². The molecule has 0 spiro atoms. The third-order valence-electron chi connectivity index (χ3n) is 4.52. The van der Waals surface area contributed by atoms with E-state index in [1.807, 2.05) is 6.07 Å². The molecule has 0 fully saturated rings. The predicted octanol–water partition coefficient (Wildman–Crippen LogP) is 7.47. The standard InChI is InChI=1S/C20H36O/c1-3-4-5-6-7-8-9-10-11-12-13-14-16-19(2)20-17-15-18-21-20/h15,17-19H,3-14,16H2,1-2H3. The van der Waals surface area contributed by atoms with Gasteiger partial charge in [0.25, 0.3) is 0 Å². The lowest BCUT2D eigenvalue weighted by molar-refractivity contribution is 0.447. The summed E-state index contributed by atoms with van der Waals surface area (Å²) in [6.45, 7) is 4.56. The molecule has 1 rings (SSSR count). The summed E-state index contributed by atoms with van der Waals surface area (Å²) in [5.41, 5.74) is 0. The number of hydrogen-bond donors (Lipinski definition) is 0. The van der Waals surface area contributed by atoms with Crippen molar-refractivity contribution in [1.29, 1.82) is 0 Å². The quantitative estimate of drug-likeness (QED) is 0.324. The van der Waals surface area contributed by atoms with Gasteiger partial charge in [-0.3, -0.25) is 0 Å². The molecule has 1 heteroatoms. The van der Waals surface area contributed by atoms with Crippen LogP contribution >= 0.6 is 0 Å². The zero-order valence-electron chi connectivity index (χ0n) is 14.4. The number of hydrogen-bond acceptors (Lipinski definition) is 1. The Hall–Kier alpha value is -0.720. The highest BCUT2D eigenvalue weighted by molar-refractivity contribution is 5.03. The van der Waals surface area contributed by atoms with Gasteiger partial charge in [-0.25, -0.2) is 0 Å². The van der Waals surface area contributed by atoms with Gasteiger partial charge in [0.2, 0.25) is 0 Å².